The number of aromatic amines is 1. The van der Waals surface area contributed by atoms with E-state index in [0.29, 0.717) is 0 Å². The summed E-state index contributed by atoms with van der Waals surface area (Å²) in [6.45, 7) is 3.77. The third-order valence-corrected chi connectivity index (χ3v) is 4.03. The maximum Gasteiger partial charge on any atom is 0.356 e. The van der Waals surface area contributed by atoms with Crippen LogP contribution in [0.4, 0.5) is 0 Å². The van der Waals surface area contributed by atoms with Crippen LogP contribution in [-0.4, -0.2) is 33.2 Å². The fourth-order valence-electron chi connectivity index (χ4n) is 2.92. The Hall–Kier alpha value is -3.22. The van der Waals surface area contributed by atoms with Crippen LogP contribution in [0.1, 0.15) is 21.9 Å². The summed E-state index contributed by atoms with van der Waals surface area (Å²) in [5.74, 6) is 0.277. The smallest absolute Gasteiger partial charge is 0.356 e. The van der Waals surface area contributed by atoms with Crippen molar-refractivity contribution in [3.8, 4) is 11.1 Å². The van der Waals surface area contributed by atoms with E-state index in [9.17, 15) is 4.79 Å². The molecule has 24 heavy (non-hydrogen) atoms. The van der Waals surface area contributed by atoms with Gasteiger partial charge in [0.05, 0.1) is 29.4 Å². The summed E-state index contributed by atoms with van der Waals surface area (Å²) < 4.78 is 9.93. The predicted molar refractivity (Wildman–Crippen MR) is 87.7 cm³/mol. The molecule has 0 spiro atoms. The number of hydrogen-bond donors (Lipinski definition) is 1. The van der Waals surface area contributed by atoms with E-state index in [1.165, 1.54) is 7.11 Å². The Morgan fingerprint density at radius 3 is 2.71 bits per heavy atom. The molecule has 7 nitrogen and oxygen atoms in total. The number of nitrogens with one attached hydrogen (secondary N) is 1. The van der Waals surface area contributed by atoms with Gasteiger partial charge >= 0.3 is 5.97 Å². The molecule has 4 aromatic heterocycles. The van der Waals surface area contributed by atoms with Gasteiger partial charge in [-0.15, -0.1) is 0 Å². The predicted octanol–water partition coefficient (Wildman–Crippen LogP) is 3.17. The van der Waals surface area contributed by atoms with Crippen molar-refractivity contribution in [2.75, 3.05) is 7.11 Å². The quantitative estimate of drug-likeness (QED) is 0.570. The largest absolute Gasteiger partial charge is 0.464 e. The number of rotatable bonds is 2. The molecular weight excluding hydrogens is 308 g/mol. The number of ether oxygens (including phenoxy) is 1. The molecular formula is C17H14N4O3. The van der Waals surface area contributed by atoms with E-state index in [-0.39, 0.29) is 5.69 Å². The normalized spacial score (nSPS) is 11.3. The minimum absolute atomic E-state index is 0.252. The summed E-state index contributed by atoms with van der Waals surface area (Å²) in [4.78, 5) is 23.6. The molecule has 0 aliphatic heterocycles. The van der Waals surface area contributed by atoms with Crippen molar-refractivity contribution in [1.82, 2.24) is 20.1 Å². The number of pyridine rings is 2. The first kappa shape index (κ1) is 14.4. The van der Waals surface area contributed by atoms with E-state index < -0.39 is 5.97 Å². The van der Waals surface area contributed by atoms with Gasteiger partial charge in [-0.25, -0.2) is 9.78 Å². The summed E-state index contributed by atoms with van der Waals surface area (Å²) in [6.07, 6.45) is 3.42. The molecule has 1 N–H and O–H groups in total. The number of aryl methyl sites for hydroxylation is 2. The van der Waals surface area contributed by atoms with Crippen LogP contribution in [0.5, 0.6) is 0 Å². The Morgan fingerprint density at radius 1 is 1.17 bits per heavy atom. The van der Waals surface area contributed by atoms with Gasteiger partial charge < -0.3 is 14.2 Å². The molecule has 0 bridgehead atoms. The van der Waals surface area contributed by atoms with Crippen LogP contribution >= 0.6 is 0 Å². The molecule has 7 heteroatoms. The van der Waals surface area contributed by atoms with Crippen molar-refractivity contribution in [3.63, 3.8) is 0 Å². The standard InChI is InChI=1S/C17H14N4O3/c1-8-15(9(2)24-21-8)10-4-13-16(19-6-10)11-7-18-14(17(22)23-3)5-12(11)20-13/h4-7,20H,1-3H3. The molecule has 120 valence electrons. The Morgan fingerprint density at radius 2 is 2.00 bits per heavy atom. The molecule has 0 radical (unpaired) electrons. The van der Waals surface area contributed by atoms with Crippen LogP contribution in [0.25, 0.3) is 33.1 Å². The second kappa shape index (κ2) is 5.16. The van der Waals surface area contributed by atoms with Gasteiger partial charge in [-0.05, 0) is 26.0 Å². The van der Waals surface area contributed by atoms with Gasteiger partial charge in [0.25, 0.3) is 0 Å². The van der Waals surface area contributed by atoms with Gasteiger partial charge in [0, 0.05) is 28.9 Å². The molecule has 0 amide bonds. The minimum Gasteiger partial charge on any atom is -0.464 e. The van der Waals surface area contributed by atoms with Crippen LogP contribution in [-0.2, 0) is 4.74 Å². The molecule has 0 fully saturated rings. The average molecular weight is 322 g/mol. The summed E-state index contributed by atoms with van der Waals surface area (Å²) in [7, 11) is 1.33. The summed E-state index contributed by atoms with van der Waals surface area (Å²) in [5.41, 5.74) is 5.37. The second-order valence-corrected chi connectivity index (χ2v) is 5.55. The lowest BCUT2D eigenvalue weighted by Gasteiger charge is -2.00. The van der Waals surface area contributed by atoms with Gasteiger partial charge in [0.15, 0.2) is 0 Å². The lowest BCUT2D eigenvalue weighted by molar-refractivity contribution is 0.0594. The highest BCUT2D eigenvalue weighted by Gasteiger charge is 2.15. The average Bonchev–Trinajstić information content (AvgIpc) is 3.12. The summed E-state index contributed by atoms with van der Waals surface area (Å²) in [6, 6.07) is 3.66. The number of nitrogens with zero attached hydrogens (tertiary/aromatic N) is 3. The Bertz CT molecular complexity index is 1070. The molecule has 0 saturated heterocycles. The zero-order valence-corrected chi connectivity index (χ0v) is 13.4. The van der Waals surface area contributed by atoms with E-state index in [1.54, 1.807) is 18.5 Å². The lowest BCUT2D eigenvalue weighted by atomic mass is 10.1. The van der Waals surface area contributed by atoms with Gasteiger partial charge in [0.1, 0.15) is 11.5 Å². The van der Waals surface area contributed by atoms with E-state index in [4.69, 9.17) is 9.26 Å². The van der Waals surface area contributed by atoms with Crippen molar-refractivity contribution in [3.05, 3.63) is 41.7 Å². The highest BCUT2D eigenvalue weighted by Crippen LogP contribution is 2.30. The number of H-pyrrole nitrogens is 1. The SMILES string of the molecule is COC(=O)c1cc2[nH]c3cc(-c4c(C)noc4C)cnc3c2cn1. The maximum absolute atomic E-state index is 11.6. The first-order valence-corrected chi connectivity index (χ1v) is 7.37. The van der Waals surface area contributed by atoms with Crippen LogP contribution in [0.15, 0.2) is 29.0 Å². The molecule has 4 heterocycles. The van der Waals surface area contributed by atoms with Gasteiger partial charge in [-0.1, -0.05) is 5.16 Å². The minimum atomic E-state index is -0.472. The molecule has 0 atom stereocenters. The summed E-state index contributed by atoms with van der Waals surface area (Å²) in [5, 5.41) is 4.83. The second-order valence-electron chi connectivity index (χ2n) is 5.55. The van der Waals surface area contributed by atoms with Gasteiger partial charge in [0.2, 0.25) is 0 Å². The monoisotopic (exact) mass is 322 g/mol. The van der Waals surface area contributed by atoms with Crippen molar-refractivity contribution in [2.45, 2.75) is 13.8 Å². The van der Waals surface area contributed by atoms with E-state index in [1.807, 2.05) is 19.9 Å². The van der Waals surface area contributed by atoms with Crippen molar-refractivity contribution in [1.29, 1.82) is 0 Å². The highest BCUT2D eigenvalue weighted by atomic mass is 16.5. The van der Waals surface area contributed by atoms with E-state index in [0.717, 1.165) is 44.5 Å². The molecule has 0 unspecified atom stereocenters. The number of hydrogen-bond acceptors (Lipinski definition) is 6. The van der Waals surface area contributed by atoms with Crippen molar-refractivity contribution in [2.24, 2.45) is 0 Å². The maximum atomic E-state index is 11.6. The fraction of sp³-hybridized carbons (Fsp3) is 0.176. The molecule has 0 aromatic carbocycles. The van der Waals surface area contributed by atoms with Crippen LogP contribution in [0.3, 0.4) is 0 Å². The number of esters is 1. The van der Waals surface area contributed by atoms with Crippen LogP contribution < -0.4 is 0 Å². The van der Waals surface area contributed by atoms with E-state index in [2.05, 4.69) is 20.1 Å². The number of methoxy groups -OCH3 is 1. The Labute approximate surface area is 136 Å². The summed E-state index contributed by atoms with van der Waals surface area (Å²) >= 11 is 0. The molecule has 4 rings (SSSR count). The first-order chi connectivity index (χ1) is 11.6. The van der Waals surface area contributed by atoms with Gasteiger partial charge in [-0.2, -0.15) is 0 Å². The zero-order valence-electron chi connectivity index (χ0n) is 13.4. The van der Waals surface area contributed by atoms with E-state index >= 15 is 0 Å². The zero-order chi connectivity index (χ0) is 16.8. The highest BCUT2D eigenvalue weighted by molar-refractivity contribution is 6.06. The third kappa shape index (κ3) is 2.05. The lowest BCUT2D eigenvalue weighted by Crippen LogP contribution is -2.03. The molecule has 0 saturated carbocycles. The number of carbonyl (C=O) groups is 1. The molecule has 0 aliphatic rings. The topological polar surface area (TPSA) is 93.9 Å². The van der Waals surface area contributed by atoms with Crippen LogP contribution in [0.2, 0.25) is 0 Å². The third-order valence-electron chi connectivity index (χ3n) is 4.03. The fourth-order valence-corrected chi connectivity index (χ4v) is 2.92. The first-order valence-electron chi connectivity index (χ1n) is 7.37. The Kier molecular flexibility index (Phi) is 3.09. The van der Waals surface area contributed by atoms with Crippen molar-refractivity contribution < 1.29 is 14.1 Å². The number of fused-ring (bicyclic) bond motifs is 3. The van der Waals surface area contributed by atoms with Gasteiger partial charge in [-0.3, -0.25) is 4.98 Å². The number of carbonyl (C=O) groups excluding carboxylic acids is 1. The number of aromatic nitrogens is 4. The Balaban J connectivity index is 1.91. The van der Waals surface area contributed by atoms with Crippen LogP contribution in [0, 0.1) is 13.8 Å². The van der Waals surface area contributed by atoms with Crippen molar-refractivity contribution >= 4 is 27.9 Å². The molecule has 0 aliphatic carbocycles. The molecule has 4 aromatic rings.